The highest BCUT2D eigenvalue weighted by Crippen LogP contribution is 2.34. The first kappa shape index (κ1) is 36.4. The van der Waals surface area contributed by atoms with Crippen molar-refractivity contribution in [2.24, 2.45) is 0 Å². The number of ether oxygens (including phenoxy) is 3. The van der Waals surface area contributed by atoms with Crippen molar-refractivity contribution in [2.45, 2.75) is 58.6 Å². The molecule has 4 heterocycles. The van der Waals surface area contributed by atoms with Crippen LogP contribution in [0.3, 0.4) is 0 Å². The number of benzene rings is 2. The number of imidazole rings is 1. The molecule has 3 aromatic heterocycles. The van der Waals surface area contributed by atoms with E-state index in [-0.39, 0.29) is 18.1 Å². The van der Waals surface area contributed by atoms with E-state index in [9.17, 15) is 0 Å². The molecule has 1 aliphatic heterocycles. The first-order valence-electron chi connectivity index (χ1n) is 17.3. The van der Waals surface area contributed by atoms with Crippen molar-refractivity contribution in [3.8, 4) is 40.1 Å². The number of fused-ring (bicyclic) bond motifs is 1. The third-order valence-electron chi connectivity index (χ3n) is 8.30. The Morgan fingerprint density at radius 1 is 1.06 bits per heavy atom. The molecular weight excluding hydrogens is 680 g/mol. The van der Waals surface area contributed by atoms with Gasteiger partial charge in [-0.3, -0.25) is 4.90 Å². The largest absolute Gasteiger partial charge is 0.491 e. The molecule has 0 bridgehead atoms. The molecule has 1 saturated heterocycles. The minimum absolute atomic E-state index is 0.201. The van der Waals surface area contributed by atoms with Gasteiger partial charge in [0.1, 0.15) is 20.6 Å². The van der Waals surface area contributed by atoms with Gasteiger partial charge >= 0.3 is 0 Å². The summed E-state index contributed by atoms with van der Waals surface area (Å²) in [7, 11) is -1.43. The number of hydrogen-bond donors (Lipinski definition) is 2. The molecule has 6 rings (SSSR count). The summed E-state index contributed by atoms with van der Waals surface area (Å²) in [6.07, 6.45) is 3.39. The number of hydrogen-bond acceptors (Lipinski definition) is 9. The third kappa shape index (κ3) is 9.49. The number of H-pyrrole nitrogens is 1. The maximum atomic E-state index is 15.8. The molecule has 0 atom stereocenters. The van der Waals surface area contributed by atoms with E-state index < -0.39 is 22.0 Å². The highest BCUT2D eigenvalue weighted by atomic mass is 28.3. The smallest absolute Gasteiger partial charge is 0.179 e. The van der Waals surface area contributed by atoms with Gasteiger partial charge in [-0.15, -0.1) is 5.54 Å². The van der Waals surface area contributed by atoms with Crippen LogP contribution in [0.5, 0.6) is 5.75 Å². The normalized spacial score (nSPS) is 14.0. The predicted octanol–water partition coefficient (Wildman–Crippen LogP) is 7.15. The van der Waals surface area contributed by atoms with Gasteiger partial charge in [-0.25, -0.2) is 24.0 Å². The number of morpholine rings is 1. The third-order valence-corrected chi connectivity index (χ3v) is 10.9. The Morgan fingerprint density at radius 2 is 1.86 bits per heavy atom. The number of aromatic nitrogens is 6. The Kier molecular flexibility index (Phi) is 11.0. The molecule has 2 N–H and O–H groups in total. The zero-order valence-electron chi connectivity index (χ0n) is 30.6. The fourth-order valence-electron chi connectivity index (χ4n) is 5.50. The molecule has 1 fully saturated rings. The van der Waals surface area contributed by atoms with Gasteiger partial charge in [0.2, 0.25) is 0 Å². The fourth-order valence-corrected chi connectivity index (χ4v) is 6.76. The number of anilines is 2. The van der Waals surface area contributed by atoms with Crippen LogP contribution in [0.4, 0.5) is 15.9 Å². The number of halogens is 1. The van der Waals surface area contributed by atoms with Gasteiger partial charge in [-0.1, -0.05) is 57.3 Å². The molecule has 11 nitrogen and oxygen atoms in total. The highest BCUT2D eigenvalue weighted by molar-refractivity contribution is 6.83. The molecular formula is C37H47FN8O3Si2. The van der Waals surface area contributed by atoms with E-state index in [1.807, 2.05) is 12.3 Å². The summed E-state index contributed by atoms with van der Waals surface area (Å²) in [4.78, 5) is 20.0. The minimum atomic E-state index is -1.71. The average molecular weight is 727 g/mol. The number of aromatic amines is 1. The van der Waals surface area contributed by atoms with Crippen molar-refractivity contribution in [3.63, 3.8) is 0 Å². The summed E-state index contributed by atoms with van der Waals surface area (Å²) in [6.45, 7) is 18.4. The number of nitrogens with one attached hydrogen (secondary N) is 2. The first-order chi connectivity index (χ1) is 24.3. The molecule has 51 heavy (non-hydrogen) atoms. The topological polar surface area (TPSA) is 115 Å². The average Bonchev–Trinajstić information content (AvgIpc) is 3.69. The van der Waals surface area contributed by atoms with Crippen molar-refractivity contribution in [2.75, 3.05) is 45.3 Å². The first-order valence-corrected chi connectivity index (χ1v) is 24.5. The van der Waals surface area contributed by atoms with E-state index in [1.54, 1.807) is 30.0 Å². The predicted molar refractivity (Wildman–Crippen MR) is 205 cm³/mol. The Labute approximate surface area is 301 Å². The van der Waals surface area contributed by atoms with Crippen LogP contribution >= 0.6 is 0 Å². The molecule has 0 radical (unpaired) electrons. The summed E-state index contributed by atoms with van der Waals surface area (Å²) in [5.41, 5.74) is 7.95. The Hall–Kier alpha value is -4.40. The maximum Gasteiger partial charge on any atom is 0.179 e. The molecule has 14 heteroatoms. The standard InChI is InChI=1S/C37H47FN8O3Si2/c1-47-32-22-39-35(28-10-8-9-27(33(28)38)13-19-50(2,3)4)43-36(32)42-31-24-46(25-49-18-20-51(5,6)7)44-34(31)37-40-29-12-11-26(21-30(29)41-37)23-45-14-16-48-17-15-45/h8-12,21-22,24H,14-18,20,23,25H2,1-7H3,(H,40,41)(H,39,42,43). The van der Waals surface area contributed by atoms with Gasteiger partial charge in [0.15, 0.2) is 28.9 Å². The molecule has 1 aliphatic rings. The lowest BCUT2D eigenvalue weighted by Gasteiger charge is -2.26. The van der Waals surface area contributed by atoms with Gasteiger partial charge in [-0.05, 0) is 35.9 Å². The summed E-state index contributed by atoms with van der Waals surface area (Å²) in [6, 6.07) is 12.4. The zero-order chi connectivity index (χ0) is 36.2. The van der Waals surface area contributed by atoms with E-state index in [0.717, 1.165) is 49.9 Å². The molecule has 0 spiro atoms. The van der Waals surface area contributed by atoms with Crippen molar-refractivity contribution >= 4 is 38.7 Å². The number of nitrogens with zero attached hydrogens (tertiary/aromatic N) is 6. The van der Waals surface area contributed by atoms with Crippen LogP contribution in [0, 0.1) is 17.3 Å². The summed E-state index contributed by atoms with van der Waals surface area (Å²) < 4.78 is 34.7. The lowest BCUT2D eigenvalue weighted by Crippen LogP contribution is -2.35. The van der Waals surface area contributed by atoms with E-state index in [4.69, 9.17) is 29.3 Å². The Balaban J connectivity index is 1.34. The van der Waals surface area contributed by atoms with Gasteiger partial charge < -0.3 is 24.5 Å². The van der Waals surface area contributed by atoms with Crippen LogP contribution < -0.4 is 10.1 Å². The quantitative estimate of drug-likeness (QED) is 0.0786. The second kappa shape index (κ2) is 15.5. The van der Waals surface area contributed by atoms with Crippen LogP contribution in [0.15, 0.2) is 48.8 Å². The van der Waals surface area contributed by atoms with E-state index >= 15 is 4.39 Å². The van der Waals surface area contributed by atoms with Crippen LogP contribution in [0.25, 0.3) is 33.9 Å². The molecule has 0 unspecified atom stereocenters. The lowest BCUT2D eigenvalue weighted by molar-refractivity contribution is 0.0342. The summed E-state index contributed by atoms with van der Waals surface area (Å²) >= 11 is 0. The second-order valence-electron chi connectivity index (χ2n) is 15.0. The maximum absolute atomic E-state index is 15.8. The Morgan fingerprint density at radius 3 is 2.61 bits per heavy atom. The van der Waals surface area contributed by atoms with Crippen LogP contribution in [-0.2, 0) is 22.7 Å². The van der Waals surface area contributed by atoms with Gasteiger partial charge in [0.05, 0.1) is 60.6 Å². The van der Waals surface area contributed by atoms with Crippen molar-refractivity contribution in [1.29, 1.82) is 0 Å². The fraction of sp³-hybridized carbons (Fsp3) is 0.405. The number of methoxy groups -OCH3 is 1. The molecule has 0 amide bonds. The number of rotatable bonds is 12. The van der Waals surface area contributed by atoms with Gasteiger partial charge in [0, 0.05) is 34.3 Å². The molecule has 2 aromatic carbocycles. The summed E-state index contributed by atoms with van der Waals surface area (Å²) in [5, 5.41) is 8.29. The van der Waals surface area contributed by atoms with Crippen LogP contribution in [0.2, 0.25) is 45.3 Å². The molecule has 0 saturated carbocycles. The zero-order valence-corrected chi connectivity index (χ0v) is 32.6. The highest BCUT2D eigenvalue weighted by Gasteiger charge is 2.21. The van der Waals surface area contributed by atoms with Gasteiger partial charge in [0.25, 0.3) is 0 Å². The van der Waals surface area contributed by atoms with E-state index in [1.165, 1.54) is 11.8 Å². The van der Waals surface area contributed by atoms with Crippen LogP contribution in [0.1, 0.15) is 11.1 Å². The summed E-state index contributed by atoms with van der Waals surface area (Å²) in [5.74, 6) is 4.10. The molecule has 5 aromatic rings. The lowest BCUT2D eigenvalue weighted by atomic mass is 10.1. The van der Waals surface area contributed by atoms with Crippen molar-refractivity contribution in [3.05, 3.63) is 65.7 Å². The van der Waals surface area contributed by atoms with Gasteiger partial charge in [-0.2, -0.15) is 5.10 Å². The minimum Gasteiger partial charge on any atom is -0.491 e. The molecule has 0 aliphatic carbocycles. The van der Waals surface area contributed by atoms with E-state index in [0.29, 0.717) is 40.9 Å². The van der Waals surface area contributed by atoms with Crippen LogP contribution in [-0.4, -0.2) is 90.8 Å². The Bertz CT molecular complexity index is 2050. The molecule has 268 valence electrons. The second-order valence-corrected chi connectivity index (χ2v) is 25.4. The monoisotopic (exact) mass is 726 g/mol. The van der Waals surface area contributed by atoms with E-state index in [2.05, 4.69) is 83.1 Å². The van der Waals surface area contributed by atoms with Crippen molar-refractivity contribution < 1.29 is 18.6 Å². The SMILES string of the molecule is COc1cnc(-c2cccc(C#C[Si](C)(C)C)c2F)nc1Nc1cn(COCC[Si](C)(C)C)nc1-c1nc2ccc(CN3CCOCC3)cc2[nH]1. The van der Waals surface area contributed by atoms with Crippen molar-refractivity contribution in [1.82, 2.24) is 34.6 Å².